The largest absolute Gasteiger partial charge is 0.418 e. The number of hydrogen-bond donors (Lipinski definition) is 2. The van der Waals surface area contributed by atoms with E-state index in [0.717, 1.165) is 6.42 Å². The van der Waals surface area contributed by atoms with E-state index in [1.165, 1.54) is 0 Å². The van der Waals surface area contributed by atoms with Crippen LogP contribution in [0.2, 0.25) is 0 Å². The Kier molecular flexibility index (Phi) is 2.95. The van der Waals surface area contributed by atoms with Gasteiger partial charge in [-0.05, 0) is 32.6 Å². The minimum Gasteiger partial charge on any atom is -0.389 e. The molecule has 0 aromatic carbocycles. The molecule has 1 aliphatic carbocycles. The van der Waals surface area contributed by atoms with Crippen LogP contribution in [0.15, 0.2) is 0 Å². The molecule has 2 rings (SSSR count). The number of halogens is 3. The first-order chi connectivity index (χ1) is 7.66. The second-order valence-electron chi connectivity index (χ2n) is 5.52. The predicted octanol–water partition coefficient (Wildman–Crippen LogP) is 1.29. The molecule has 0 bridgehead atoms. The van der Waals surface area contributed by atoms with Gasteiger partial charge in [-0.2, -0.15) is 13.2 Å². The first-order valence-corrected chi connectivity index (χ1v) is 5.91. The molecule has 3 atom stereocenters. The first kappa shape index (κ1) is 13.1. The second-order valence-corrected chi connectivity index (χ2v) is 5.52. The van der Waals surface area contributed by atoms with Gasteiger partial charge in [-0.15, -0.1) is 0 Å². The SMILES string of the molecule is CC1(O)CCCC1N1CCC(O)(C(F)(F)F)C1. The summed E-state index contributed by atoms with van der Waals surface area (Å²) in [7, 11) is 0. The standard InChI is InChI=1S/C11H18F3NO2/c1-9(16)4-2-3-8(9)15-6-5-10(17,7-15)11(12,13)14/h8,16-17H,2-7H2,1H3. The fourth-order valence-corrected chi connectivity index (χ4v) is 3.03. The number of hydrogen-bond acceptors (Lipinski definition) is 3. The van der Waals surface area contributed by atoms with Gasteiger partial charge in [-0.3, -0.25) is 4.90 Å². The van der Waals surface area contributed by atoms with Crippen LogP contribution in [-0.2, 0) is 0 Å². The van der Waals surface area contributed by atoms with Gasteiger partial charge in [-0.1, -0.05) is 0 Å². The number of nitrogens with zero attached hydrogens (tertiary/aromatic N) is 1. The van der Waals surface area contributed by atoms with Crippen molar-refractivity contribution in [1.82, 2.24) is 4.90 Å². The molecule has 2 N–H and O–H groups in total. The lowest BCUT2D eigenvalue weighted by atomic mass is 9.99. The van der Waals surface area contributed by atoms with Crippen molar-refractivity contribution >= 4 is 0 Å². The highest BCUT2D eigenvalue weighted by Crippen LogP contribution is 2.42. The van der Waals surface area contributed by atoms with Crippen LogP contribution in [0, 0.1) is 0 Å². The topological polar surface area (TPSA) is 43.7 Å². The molecule has 2 aliphatic rings. The van der Waals surface area contributed by atoms with Crippen molar-refractivity contribution in [1.29, 1.82) is 0 Å². The third-order valence-corrected chi connectivity index (χ3v) is 4.12. The van der Waals surface area contributed by atoms with Gasteiger partial charge >= 0.3 is 6.18 Å². The Bertz CT molecular complexity index is 306. The molecule has 1 heterocycles. The third-order valence-electron chi connectivity index (χ3n) is 4.12. The molecule has 2 fully saturated rings. The van der Waals surface area contributed by atoms with Crippen molar-refractivity contribution in [2.45, 2.75) is 56.0 Å². The Morgan fingerprint density at radius 2 is 1.88 bits per heavy atom. The van der Waals surface area contributed by atoms with E-state index in [1.54, 1.807) is 11.8 Å². The van der Waals surface area contributed by atoms with Crippen molar-refractivity contribution in [3.8, 4) is 0 Å². The molecule has 0 radical (unpaired) electrons. The van der Waals surface area contributed by atoms with Crippen molar-refractivity contribution < 1.29 is 23.4 Å². The summed E-state index contributed by atoms with van der Waals surface area (Å²) in [5.41, 5.74) is -3.54. The normalized spacial score (nSPS) is 44.5. The molecule has 1 aliphatic heterocycles. The van der Waals surface area contributed by atoms with Gasteiger partial charge in [0.15, 0.2) is 5.60 Å². The van der Waals surface area contributed by atoms with Gasteiger partial charge in [0.1, 0.15) is 0 Å². The van der Waals surface area contributed by atoms with E-state index in [1.807, 2.05) is 0 Å². The lowest BCUT2D eigenvalue weighted by molar-refractivity contribution is -0.255. The minimum absolute atomic E-state index is 0.191. The Labute approximate surface area is 98.2 Å². The van der Waals surface area contributed by atoms with Gasteiger partial charge in [0, 0.05) is 19.1 Å². The van der Waals surface area contributed by atoms with Crippen molar-refractivity contribution in [3.05, 3.63) is 0 Å². The van der Waals surface area contributed by atoms with E-state index in [9.17, 15) is 23.4 Å². The number of likely N-dealkylation sites (tertiary alicyclic amines) is 1. The maximum Gasteiger partial charge on any atom is 0.418 e. The summed E-state index contributed by atoms with van der Waals surface area (Å²) in [6.45, 7) is 1.43. The Morgan fingerprint density at radius 1 is 1.24 bits per heavy atom. The zero-order chi connectivity index (χ0) is 12.9. The number of aliphatic hydroxyl groups is 2. The van der Waals surface area contributed by atoms with Gasteiger partial charge in [0.25, 0.3) is 0 Å². The van der Waals surface area contributed by atoms with Gasteiger partial charge < -0.3 is 10.2 Å². The molecular weight excluding hydrogens is 235 g/mol. The summed E-state index contributed by atoms with van der Waals surface area (Å²) in [6, 6.07) is -0.265. The Morgan fingerprint density at radius 3 is 2.29 bits per heavy atom. The molecule has 0 aromatic rings. The average Bonchev–Trinajstić information content (AvgIpc) is 2.68. The van der Waals surface area contributed by atoms with Crippen LogP contribution in [0.5, 0.6) is 0 Å². The van der Waals surface area contributed by atoms with Crippen molar-refractivity contribution in [2.75, 3.05) is 13.1 Å². The Hall–Kier alpha value is -0.330. The minimum atomic E-state index is -4.59. The number of β-amino-alcohol motifs (C(OH)–C–C–N with tert-alkyl or cyclic N) is 1. The average molecular weight is 253 g/mol. The van der Waals surface area contributed by atoms with Gasteiger partial charge in [-0.25, -0.2) is 0 Å². The van der Waals surface area contributed by atoms with Gasteiger partial charge in [0.05, 0.1) is 5.60 Å². The van der Waals surface area contributed by atoms with E-state index < -0.39 is 23.9 Å². The van der Waals surface area contributed by atoms with Crippen LogP contribution in [0.4, 0.5) is 13.2 Å². The molecule has 1 saturated heterocycles. The predicted molar refractivity (Wildman–Crippen MR) is 55.5 cm³/mol. The first-order valence-electron chi connectivity index (χ1n) is 5.91. The quantitative estimate of drug-likeness (QED) is 0.740. The highest BCUT2D eigenvalue weighted by molar-refractivity contribution is 5.03. The summed E-state index contributed by atoms with van der Waals surface area (Å²) in [6.07, 6.45) is -2.77. The molecule has 6 heteroatoms. The van der Waals surface area contributed by atoms with Crippen molar-refractivity contribution in [2.24, 2.45) is 0 Å². The summed E-state index contributed by atoms with van der Waals surface area (Å²) in [5, 5.41) is 19.7. The fraction of sp³-hybridized carbons (Fsp3) is 1.00. The van der Waals surface area contributed by atoms with E-state index in [4.69, 9.17) is 0 Å². The lowest BCUT2D eigenvalue weighted by Gasteiger charge is -2.35. The highest BCUT2D eigenvalue weighted by Gasteiger charge is 2.59. The second kappa shape index (κ2) is 3.83. The smallest absolute Gasteiger partial charge is 0.389 e. The monoisotopic (exact) mass is 253 g/mol. The maximum atomic E-state index is 12.7. The Balaban J connectivity index is 2.08. The molecule has 1 saturated carbocycles. The van der Waals surface area contributed by atoms with Crippen LogP contribution < -0.4 is 0 Å². The van der Waals surface area contributed by atoms with Crippen molar-refractivity contribution in [3.63, 3.8) is 0 Å². The van der Waals surface area contributed by atoms with Crippen LogP contribution in [0.25, 0.3) is 0 Å². The third kappa shape index (κ3) is 2.18. The van der Waals surface area contributed by atoms with E-state index in [-0.39, 0.29) is 19.0 Å². The number of alkyl halides is 3. The number of rotatable bonds is 1. The summed E-state index contributed by atoms with van der Waals surface area (Å²) in [4.78, 5) is 1.58. The zero-order valence-corrected chi connectivity index (χ0v) is 9.80. The zero-order valence-electron chi connectivity index (χ0n) is 9.80. The van der Waals surface area contributed by atoms with Crippen LogP contribution in [0.1, 0.15) is 32.6 Å². The van der Waals surface area contributed by atoms with Crippen LogP contribution in [0.3, 0.4) is 0 Å². The summed E-state index contributed by atoms with van der Waals surface area (Å²) in [5.74, 6) is 0. The fourth-order valence-electron chi connectivity index (χ4n) is 3.03. The highest BCUT2D eigenvalue weighted by atomic mass is 19.4. The molecular formula is C11H18F3NO2. The van der Waals surface area contributed by atoms with E-state index >= 15 is 0 Å². The summed E-state index contributed by atoms with van der Waals surface area (Å²) < 4.78 is 38.0. The van der Waals surface area contributed by atoms with Crippen LogP contribution in [-0.4, -0.2) is 51.6 Å². The molecule has 3 nitrogen and oxygen atoms in total. The lowest BCUT2D eigenvalue weighted by Crippen LogP contribution is -2.51. The van der Waals surface area contributed by atoms with Crippen LogP contribution >= 0.6 is 0 Å². The van der Waals surface area contributed by atoms with E-state index in [2.05, 4.69) is 0 Å². The molecule has 0 spiro atoms. The van der Waals surface area contributed by atoms with E-state index in [0.29, 0.717) is 12.8 Å². The maximum absolute atomic E-state index is 12.7. The molecule has 100 valence electrons. The molecule has 17 heavy (non-hydrogen) atoms. The molecule has 3 unspecified atom stereocenters. The molecule has 0 aromatic heterocycles. The summed E-state index contributed by atoms with van der Waals surface area (Å²) >= 11 is 0. The van der Waals surface area contributed by atoms with Gasteiger partial charge in [0.2, 0.25) is 0 Å². The molecule has 0 amide bonds.